The van der Waals surface area contributed by atoms with Crippen molar-refractivity contribution in [2.45, 2.75) is 22.8 Å². The molecular weight excluding hydrogens is 478 g/mol. The van der Waals surface area contributed by atoms with Gasteiger partial charge in [0.1, 0.15) is 10.8 Å². The Labute approximate surface area is 193 Å². The predicted octanol–water partition coefficient (Wildman–Crippen LogP) is 5.38. The Balaban J connectivity index is 1.57. The van der Waals surface area contributed by atoms with Gasteiger partial charge >= 0.3 is 0 Å². The number of pyridine rings is 1. The lowest BCUT2D eigenvalue weighted by Crippen LogP contribution is -2.24. The van der Waals surface area contributed by atoms with Gasteiger partial charge in [-0.15, -0.1) is 0 Å². The van der Waals surface area contributed by atoms with Crippen LogP contribution < -0.4 is 15.0 Å². The van der Waals surface area contributed by atoms with Gasteiger partial charge in [0, 0.05) is 34.2 Å². The zero-order valence-corrected chi connectivity index (χ0v) is 19.2. The summed E-state index contributed by atoms with van der Waals surface area (Å²) >= 11 is 4.85. The van der Waals surface area contributed by atoms with E-state index in [1.807, 2.05) is 24.3 Å². The number of hydrogen-bond acceptors (Lipinski definition) is 5. The van der Waals surface area contributed by atoms with Crippen LogP contribution in [-0.4, -0.2) is 30.5 Å². The van der Waals surface area contributed by atoms with Crippen LogP contribution in [0, 0.1) is 0 Å². The van der Waals surface area contributed by atoms with Crippen LogP contribution in [0.1, 0.15) is 23.2 Å². The van der Waals surface area contributed by atoms with Gasteiger partial charge in [0.15, 0.2) is 0 Å². The lowest BCUT2D eigenvalue weighted by molar-refractivity contribution is -0.117. The first kappa shape index (κ1) is 21.4. The molecule has 0 atom stereocenters. The quantitative estimate of drug-likeness (QED) is 0.494. The number of nitrogens with zero attached hydrogens (tertiary/aromatic N) is 2. The van der Waals surface area contributed by atoms with E-state index in [9.17, 15) is 9.59 Å². The number of hydrogen-bond donors (Lipinski definition) is 1. The minimum absolute atomic E-state index is 0.0576. The number of carbonyl (C=O) groups excluding carboxylic acids is 2. The zero-order valence-electron chi connectivity index (χ0n) is 16.8. The molecule has 0 unspecified atom stereocenters. The Hall–Kier alpha value is -2.84. The van der Waals surface area contributed by atoms with Crippen molar-refractivity contribution in [2.24, 2.45) is 0 Å². The topological polar surface area (TPSA) is 71.5 Å². The smallest absolute Gasteiger partial charge is 0.258 e. The molecule has 0 saturated carbocycles. The number of rotatable bonds is 6. The fourth-order valence-corrected chi connectivity index (χ4v) is 4.48. The standard InChI is InChI=1S/C23H20BrN3O3S/c1-30-20-11-8-16(14-19(20)27-13-3-5-21(27)28)26-22(29)18-4-2-12-25-23(18)31-17-9-6-15(24)7-10-17/h2,4,6-12,14H,3,5,13H2,1H3,(H,26,29). The molecule has 8 heteroatoms. The molecule has 4 rings (SSSR count). The number of nitrogens with one attached hydrogen (secondary N) is 1. The highest BCUT2D eigenvalue weighted by Crippen LogP contribution is 2.35. The zero-order chi connectivity index (χ0) is 21.8. The van der Waals surface area contributed by atoms with Crippen LogP contribution in [0.5, 0.6) is 5.75 Å². The number of ether oxygens (including phenoxy) is 1. The van der Waals surface area contributed by atoms with E-state index in [1.54, 1.807) is 48.5 Å². The molecule has 2 aromatic carbocycles. The molecule has 1 aliphatic rings. The van der Waals surface area contributed by atoms with Crippen LogP contribution in [0.4, 0.5) is 11.4 Å². The highest BCUT2D eigenvalue weighted by atomic mass is 79.9. The Bertz CT molecular complexity index is 1120. The summed E-state index contributed by atoms with van der Waals surface area (Å²) in [6.07, 6.45) is 3.00. The number of methoxy groups -OCH3 is 1. The number of benzene rings is 2. The van der Waals surface area contributed by atoms with Gasteiger partial charge in [-0.1, -0.05) is 27.7 Å². The Kier molecular flexibility index (Phi) is 6.58. The van der Waals surface area contributed by atoms with E-state index in [-0.39, 0.29) is 11.8 Å². The molecule has 2 amide bonds. The summed E-state index contributed by atoms with van der Waals surface area (Å²) in [6, 6.07) is 16.6. The number of carbonyl (C=O) groups is 2. The SMILES string of the molecule is COc1ccc(NC(=O)c2cccnc2Sc2ccc(Br)cc2)cc1N1CCCC1=O. The van der Waals surface area contributed by atoms with Crippen LogP contribution >= 0.6 is 27.7 Å². The molecule has 0 aliphatic carbocycles. The Morgan fingerprint density at radius 3 is 2.71 bits per heavy atom. The maximum Gasteiger partial charge on any atom is 0.258 e. The average molecular weight is 498 g/mol. The van der Waals surface area contributed by atoms with Crippen LogP contribution in [-0.2, 0) is 4.79 Å². The van der Waals surface area contributed by atoms with Crippen molar-refractivity contribution in [1.82, 2.24) is 4.98 Å². The van der Waals surface area contributed by atoms with Gasteiger partial charge in [0.2, 0.25) is 5.91 Å². The summed E-state index contributed by atoms with van der Waals surface area (Å²) in [4.78, 5) is 32.3. The normalized spacial score (nSPS) is 13.4. The number of amides is 2. The summed E-state index contributed by atoms with van der Waals surface area (Å²) in [5.74, 6) is 0.389. The summed E-state index contributed by atoms with van der Waals surface area (Å²) < 4.78 is 6.41. The second-order valence-corrected chi connectivity index (χ2v) is 8.88. The third kappa shape index (κ3) is 4.91. The minimum Gasteiger partial charge on any atom is -0.495 e. The summed E-state index contributed by atoms with van der Waals surface area (Å²) in [7, 11) is 1.57. The molecule has 0 bridgehead atoms. The van der Waals surface area contributed by atoms with Crippen molar-refractivity contribution in [1.29, 1.82) is 0 Å². The molecule has 3 aromatic rings. The molecular formula is C23H20BrN3O3S. The number of aromatic nitrogens is 1. The maximum atomic E-state index is 13.0. The van der Waals surface area contributed by atoms with E-state index in [4.69, 9.17) is 4.74 Å². The van der Waals surface area contributed by atoms with Crippen molar-refractivity contribution < 1.29 is 14.3 Å². The first-order valence-electron chi connectivity index (χ1n) is 9.73. The van der Waals surface area contributed by atoms with Crippen molar-refractivity contribution >= 4 is 50.9 Å². The second kappa shape index (κ2) is 9.53. The minimum atomic E-state index is -0.267. The summed E-state index contributed by atoms with van der Waals surface area (Å²) in [6.45, 7) is 0.642. The molecule has 1 saturated heterocycles. The van der Waals surface area contributed by atoms with Crippen LogP contribution in [0.25, 0.3) is 0 Å². The fourth-order valence-electron chi connectivity index (χ4n) is 3.34. The Morgan fingerprint density at radius 2 is 2.00 bits per heavy atom. The summed E-state index contributed by atoms with van der Waals surface area (Å²) in [5.41, 5.74) is 1.73. The molecule has 0 radical (unpaired) electrons. The summed E-state index contributed by atoms with van der Waals surface area (Å²) in [5, 5.41) is 3.55. The molecule has 1 N–H and O–H groups in total. The number of anilines is 2. The third-order valence-corrected chi connectivity index (χ3v) is 6.40. The predicted molar refractivity (Wildman–Crippen MR) is 125 cm³/mol. The van der Waals surface area contributed by atoms with Crippen LogP contribution in [0.15, 0.2) is 75.2 Å². The van der Waals surface area contributed by atoms with Gasteiger partial charge in [-0.25, -0.2) is 4.98 Å². The van der Waals surface area contributed by atoms with Crippen molar-refractivity contribution in [3.8, 4) is 5.75 Å². The third-order valence-electron chi connectivity index (χ3n) is 4.84. The lowest BCUT2D eigenvalue weighted by Gasteiger charge is -2.20. The van der Waals surface area contributed by atoms with Gasteiger partial charge in [-0.3, -0.25) is 9.59 Å². The van der Waals surface area contributed by atoms with Gasteiger partial charge in [-0.2, -0.15) is 0 Å². The molecule has 2 heterocycles. The largest absolute Gasteiger partial charge is 0.495 e. The molecule has 6 nitrogen and oxygen atoms in total. The van der Waals surface area contributed by atoms with E-state index in [1.165, 1.54) is 11.8 Å². The highest BCUT2D eigenvalue weighted by Gasteiger charge is 2.25. The van der Waals surface area contributed by atoms with E-state index >= 15 is 0 Å². The maximum absolute atomic E-state index is 13.0. The van der Waals surface area contributed by atoms with Crippen molar-refractivity contribution in [2.75, 3.05) is 23.9 Å². The van der Waals surface area contributed by atoms with Gasteiger partial charge in [0.05, 0.1) is 18.4 Å². The monoisotopic (exact) mass is 497 g/mol. The van der Waals surface area contributed by atoms with Crippen molar-refractivity contribution in [3.05, 3.63) is 70.8 Å². The first-order chi connectivity index (χ1) is 15.0. The molecule has 1 aromatic heterocycles. The van der Waals surface area contributed by atoms with Gasteiger partial charge < -0.3 is 15.0 Å². The van der Waals surface area contributed by atoms with E-state index in [0.29, 0.717) is 40.7 Å². The molecule has 1 aliphatic heterocycles. The molecule has 0 spiro atoms. The van der Waals surface area contributed by atoms with E-state index < -0.39 is 0 Å². The van der Waals surface area contributed by atoms with Crippen LogP contribution in [0.2, 0.25) is 0 Å². The fraction of sp³-hybridized carbons (Fsp3) is 0.174. The van der Waals surface area contributed by atoms with Crippen molar-refractivity contribution in [3.63, 3.8) is 0 Å². The lowest BCUT2D eigenvalue weighted by atomic mass is 10.2. The highest BCUT2D eigenvalue weighted by molar-refractivity contribution is 9.10. The van der Waals surface area contributed by atoms with E-state index in [0.717, 1.165) is 15.8 Å². The van der Waals surface area contributed by atoms with Gasteiger partial charge in [0.25, 0.3) is 5.91 Å². The molecule has 158 valence electrons. The Morgan fingerprint density at radius 1 is 1.19 bits per heavy atom. The average Bonchev–Trinajstić information content (AvgIpc) is 3.21. The van der Waals surface area contributed by atoms with E-state index in [2.05, 4.69) is 26.2 Å². The molecule has 1 fully saturated rings. The second-order valence-electron chi connectivity index (χ2n) is 6.90. The molecule has 31 heavy (non-hydrogen) atoms. The van der Waals surface area contributed by atoms with Crippen LogP contribution in [0.3, 0.4) is 0 Å². The first-order valence-corrected chi connectivity index (χ1v) is 11.3. The van der Waals surface area contributed by atoms with Gasteiger partial charge in [-0.05, 0) is 61.0 Å². The number of halogens is 1.